The molecule has 3 rings (SSSR count). The van der Waals surface area contributed by atoms with Gasteiger partial charge < -0.3 is 10.1 Å². The molecular weight excluding hydrogens is 327 g/mol. The summed E-state index contributed by atoms with van der Waals surface area (Å²) in [7, 11) is 0. The second-order valence-corrected chi connectivity index (χ2v) is 5.97. The fourth-order valence-electron chi connectivity index (χ4n) is 2.16. The van der Waals surface area contributed by atoms with Gasteiger partial charge in [0.2, 0.25) is 0 Å². The first-order chi connectivity index (χ1) is 11.7. The Morgan fingerprint density at radius 1 is 1.25 bits per heavy atom. The van der Waals surface area contributed by atoms with E-state index in [1.165, 1.54) is 23.9 Å². The molecule has 0 radical (unpaired) electrons. The van der Waals surface area contributed by atoms with Crippen LogP contribution in [-0.2, 0) is 4.79 Å². The van der Waals surface area contributed by atoms with Crippen molar-refractivity contribution in [2.45, 2.75) is 6.92 Å². The van der Waals surface area contributed by atoms with Crippen molar-refractivity contribution in [3.05, 3.63) is 64.8 Å². The summed E-state index contributed by atoms with van der Waals surface area (Å²) < 4.78 is 18.8. The molecule has 0 spiro atoms. The summed E-state index contributed by atoms with van der Waals surface area (Å²) in [6.45, 7) is 2.43. The minimum Gasteiger partial charge on any atom is -0.492 e. The van der Waals surface area contributed by atoms with Crippen molar-refractivity contribution >= 4 is 34.6 Å². The van der Waals surface area contributed by atoms with Crippen LogP contribution in [0.5, 0.6) is 5.75 Å². The quantitative estimate of drug-likeness (QED) is 0.851. The van der Waals surface area contributed by atoms with Crippen molar-refractivity contribution in [3.8, 4) is 5.75 Å². The maximum Gasteiger partial charge on any atom is 0.264 e. The van der Waals surface area contributed by atoms with Crippen molar-refractivity contribution in [2.75, 3.05) is 6.61 Å². The molecule has 1 heterocycles. The largest absolute Gasteiger partial charge is 0.492 e. The summed E-state index contributed by atoms with van der Waals surface area (Å²) in [6, 6.07) is 13.4. The highest BCUT2D eigenvalue weighted by molar-refractivity contribution is 8.18. The van der Waals surface area contributed by atoms with Crippen LogP contribution in [0.3, 0.4) is 0 Å². The van der Waals surface area contributed by atoms with Crippen molar-refractivity contribution in [1.29, 1.82) is 0 Å². The summed E-state index contributed by atoms with van der Waals surface area (Å²) in [4.78, 5) is 17.0. The number of carbonyl (C=O) groups excluding carboxylic acids is 1. The third-order valence-electron chi connectivity index (χ3n) is 3.18. The number of rotatable bonds is 4. The van der Waals surface area contributed by atoms with Gasteiger partial charge >= 0.3 is 0 Å². The Morgan fingerprint density at radius 2 is 2.08 bits per heavy atom. The van der Waals surface area contributed by atoms with Crippen molar-refractivity contribution in [3.63, 3.8) is 0 Å². The van der Waals surface area contributed by atoms with Gasteiger partial charge in [0.15, 0.2) is 5.17 Å². The summed E-state index contributed by atoms with van der Waals surface area (Å²) in [6.07, 6.45) is 1.64. The van der Waals surface area contributed by atoms with Gasteiger partial charge in [0, 0.05) is 0 Å². The molecule has 1 aliphatic rings. The summed E-state index contributed by atoms with van der Waals surface area (Å²) in [5, 5.41) is 3.18. The number of nitrogens with one attached hydrogen (secondary N) is 1. The number of para-hydroxylation sites is 2. The van der Waals surface area contributed by atoms with E-state index in [1.807, 2.05) is 31.2 Å². The molecule has 0 aliphatic carbocycles. The normalized spacial score (nSPS) is 17.3. The average Bonchev–Trinajstić information content (AvgIpc) is 2.89. The van der Waals surface area contributed by atoms with Crippen LogP contribution in [0.15, 0.2) is 58.4 Å². The lowest BCUT2D eigenvalue weighted by Gasteiger charge is -2.06. The maximum absolute atomic E-state index is 13.2. The van der Waals surface area contributed by atoms with Gasteiger partial charge in [-0.25, -0.2) is 9.38 Å². The average molecular weight is 342 g/mol. The van der Waals surface area contributed by atoms with E-state index in [4.69, 9.17) is 4.74 Å². The number of thioether (sulfide) groups is 1. The predicted octanol–water partition coefficient (Wildman–Crippen LogP) is 4.12. The van der Waals surface area contributed by atoms with Gasteiger partial charge in [0.1, 0.15) is 17.3 Å². The van der Waals surface area contributed by atoms with E-state index < -0.39 is 0 Å². The Kier molecular flexibility index (Phi) is 4.96. The van der Waals surface area contributed by atoms with Crippen molar-refractivity contribution in [2.24, 2.45) is 4.99 Å². The van der Waals surface area contributed by atoms with Gasteiger partial charge in [-0.05, 0) is 54.6 Å². The summed E-state index contributed by atoms with van der Waals surface area (Å²) in [5.41, 5.74) is 1.28. The molecule has 122 valence electrons. The Labute approximate surface area is 143 Å². The minimum absolute atomic E-state index is 0.253. The van der Waals surface area contributed by atoms with Crippen LogP contribution in [0.1, 0.15) is 12.5 Å². The standard InChI is InChI=1S/C18H15FN2O2S/c1-2-23-15-9-4-3-8-14(15)20-18-21-17(22)16(24-18)11-12-6-5-7-13(19)10-12/h3-11H,2H2,1H3,(H,20,21,22). The van der Waals surface area contributed by atoms with E-state index in [2.05, 4.69) is 10.3 Å². The molecule has 2 aromatic rings. The molecule has 0 unspecified atom stereocenters. The molecule has 0 atom stereocenters. The summed E-state index contributed by atoms with van der Waals surface area (Å²) in [5.74, 6) is 0.0640. The van der Waals surface area contributed by atoms with Gasteiger partial charge in [-0.3, -0.25) is 4.79 Å². The number of hydrogen-bond donors (Lipinski definition) is 1. The van der Waals surface area contributed by atoms with E-state index in [0.29, 0.717) is 33.7 Å². The zero-order valence-electron chi connectivity index (χ0n) is 13.0. The van der Waals surface area contributed by atoms with Crippen molar-refractivity contribution in [1.82, 2.24) is 5.32 Å². The first kappa shape index (κ1) is 16.3. The Hall–Kier alpha value is -2.60. The molecule has 1 saturated heterocycles. The number of aliphatic imine (C=N–C) groups is 1. The molecular formula is C18H15FN2O2S. The third kappa shape index (κ3) is 3.83. The van der Waals surface area contributed by atoms with E-state index in [1.54, 1.807) is 18.2 Å². The van der Waals surface area contributed by atoms with Gasteiger partial charge in [0.05, 0.1) is 11.5 Å². The minimum atomic E-state index is -0.340. The highest BCUT2D eigenvalue weighted by atomic mass is 32.2. The molecule has 0 saturated carbocycles. The number of amides is 1. The number of benzene rings is 2. The number of amidine groups is 1. The molecule has 6 heteroatoms. The predicted molar refractivity (Wildman–Crippen MR) is 94.8 cm³/mol. The molecule has 0 aromatic heterocycles. The molecule has 24 heavy (non-hydrogen) atoms. The van der Waals surface area contributed by atoms with Gasteiger partial charge in [-0.15, -0.1) is 0 Å². The van der Waals surface area contributed by atoms with Crippen LogP contribution >= 0.6 is 11.8 Å². The molecule has 1 aliphatic heterocycles. The fourth-order valence-corrected chi connectivity index (χ4v) is 3.00. The number of nitrogens with zero attached hydrogens (tertiary/aromatic N) is 1. The van der Waals surface area contributed by atoms with Gasteiger partial charge in [-0.1, -0.05) is 24.3 Å². The molecule has 1 N–H and O–H groups in total. The molecule has 2 aromatic carbocycles. The number of carbonyl (C=O) groups is 1. The topological polar surface area (TPSA) is 50.7 Å². The highest BCUT2D eigenvalue weighted by Gasteiger charge is 2.24. The van der Waals surface area contributed by atoms with Crippen LogP contribution in [0.4, 0.5) is 10.1 Å². The monoisotopic (exact) mass is 342 g/mol. The lowest BCUT2D eigenvalue weighted by Crippen LogP contribution is -2.19. The lowest BCUT2D eigenvalue weighted by atomic mass is 10.2. The third-order valence-corrected chi connectivity index (χ3v) is 4.09. The Morgan fingerprint density at radius 3 is 2.88 bits per heavy atom. The van der Waals surface area contributed by atoms with Crippen LogP contribution in [0.25, 0.3) is 6.08 Å². The van der Waals surface area contributed by atoms with E-state index in [0.717, 1.165) is 0 Å². The smallest absolute Gasteiger partial charge is 0.264 e. The molecule has 1 fully saturated rings. The molecule has 1 amide bonds. The second kappa shape index (κ2) is 7.31. The zero-order chi connectivity index (χ0) is 16.9. The first-order valence-corrected chi connectivity index (χ1v) is 8.24. The van der Waals surface area contributed by atoms with E-state index in [9.17, 15) is 9.18 Å². The Bertz CT molecular complexity index is 833. The van der Waals surface area contributed by atoms with E-state index >= 15 is 0 Å². The van der Waals surface area contributed by atoms with Crippen molar-refractivity contribution < 1.29 is 13.9 Å². The first-order valence-electron chi connectivity index (χ1n) is 7.42. The summed E-state index contributed by atoms with van der Waals surface area (Å²) >= 11 is 1.21. The Balaban J connectivity index is 1.85. The second-order valence-electron chi connectivity index (χ2n) is 4.94. The highest BCUT2D eigenvalue weighted by Crippen LogP contribution is 2.32. The van der Waals surface area contributed by atoms with Gasteiger partial charge in [-0.2, -0.15) is 0 Å². The van der Waals surface area contributed by atoms with Gasteiger partial charge in [0.25, 0.3) is 5.91 Å². The maximum atomic E-state index is 13.2. The van der Waals surface area contributed by atoms with Crippen LogP contribution in [-0.4, -0.2) is 17.7 Å². The van der Waals surface area contributed by atoms with Crippen LogP contribution in [0.2, 0.25) is 0 Å². The van der Waals surface area contributed by atoms with Crippen LogP contribution in [0, 0.1) is 5.82 Å². The zero-order valence-corrected chi connectivity index (χ0v) is 13.8. The van der Waals surface area contributed by atoms with E-state index in [-0.39, 0.29) is 11.7 Å². The number of ether oxygens (including phenoxy) is 1. The van der Waals surface area contributed by atoms with Crippen LogP contribution < -0.4 is 10.1 Å². The molecule has 0 bridgehead atoms. The SMILES string of the molecule is CCOc1ccccc1N=C1NC(=O)C(=Cc2cccc(F)c2)S1. The number of halogens is 1. The molecule has 4 nitrogen and oxygen atoms in total. The number of hydrogen-bond acceptors (Lipinski definition) is 4. The lowest BCUT2D eigenvalue weighted by molar-refractivity contribution is -0.115. The fraction of sp³-hybridized carbons (Fsp3) is 0.111.